The summed E-state index contributed by atoms with van der Waals surface area (Å²) in [5.74, 6) is 0.576. The fraction of sp³-hybridized carbons (Fsp3) is 0.500. The number of hydrogen-bond acceptors (Lipinski definition) is 4. The van der Waals surface area contributed by atoms with E-state index in [-0.39, 0.29) is 0 Å². The van der Waals surface area contributed by atoms with Gasteiger partial charge in [-0.25, -0.2) is 4.98 Å². The van der Waals surface area contributed by atoms with E-state index in [1.165, 1.54) is 0 Å². The Hall–Kier alpha value is -1.16. The topological polar surface area (TPSA) is 38.2 Å². The first kappa shape index (κ1) is 8.93. The molecule has 0 saturated heterocycles. The van der Waals surface area contributed by atoms with Crippen molar-refractivity contribution in [2.45, 2.75) is 0 Å². The molecule has 0 atom stereocenters. The second kappa shape index (κ2) is 4.66. The summed E-state index contributed by atoms with van der Waals surface area (Å²) >= 11 is 0. The Morgan fingerprint density at radius 2 is 2.42 bits per heavy atom. The molecule has 0 aliphatic rings. The van der Waals surface area contributed by atoms with Crippen molar-refractivity contribution in [2.24, 2.45) is 0 Å². The maximum atomic E-state index is 5.29. The van der Waals surface area contributed by atoms with Crippen LogP contribution < -0.4 is 4.74 Å². The van der Waals surface area contributed by atoms with Crippen molar-refractivity contribution in [3.8, 4) is 5.88 Å². The predicted octanol–water partition coefficient (Wildman–Crippen LogP) is 0.217. The normalized spacial score (nSPS) is 10.2. The molecule has 0 saturated carbocycles. The third kappa shape index (κ3) is 3.30. The molecular formula is C8H12N3O. The van der Waals surface area contributed by atoms with Crippen LogP contribution in [0.1, 0.15) is 0 Å². The summed E-state index contributed by atoms with van der Waals surface area (Å²) in [6.07, 6.45) is 4.07. The largest absolute Gasteiger partial charge is 0.476 e. The second-order valence-corrected chi connectivity index (χ2v) is 2.65. The van der Waals surface area contributed by atoms with Crippen LogP contribution in [-0.4, -0.2) is 42.1 Å². The number of rotatable bonds is 4. The Bertz CT molecular complexity index is 213. The van der Waals surface area contributed by atoms with Crippen molar-refractivity contribution < 1.29 is 4.74 Å². The minimum absolute atomic E-state index is 0.576. The molecule has 4 nitrogen and oxygen atoms in total. The van der Waals surface area contributed by atoms with E-state index in [1.54, 1.807) is 12.3 Å². The molecule has 0 bridgehead atoms. The molecule has 0 aliphatic carbocycles. The van der Waals surface area contributed by atoms with Gasteiger partial charge in [-0.05, 0) is 14.1 Å². The number of likely N-dealkylation sites (N-methyl/N-ethyl adjacent to an activating group) is 1. The van der Waals surface area contributed by atoms with Crippen LogP contribution in [0.15, 0.2) is 12.3 Å². The molecule has 65 valence electrons. The summed E-state index contributed by atoms with van der Waals surface area (Å²) in [4.78, 5) is 9.51. The van der Waals surface area contributed by atoms with E-state index < -0.39 is 0 Å². The number of hydrogen-bond donors (Lipinski definition) is 0. The summed E-state index contributed by atoms with van der Waals surface area (Å²) in [7, 11) is 3.99. The van der Waals surface area contributed by atoms with E-state index in [0.29, 0.717) is 12.5 Å². The smallest absolute Gasteiger partial charge is 0.216 e. The minimum atomic E-state index is 0.576. The standard InChI is InChI=1S/C8H12N3O/c1-11(2)5-6-12-8-3-4-9-7-10-8/h3-4H,5-6H2,1-2H3. The highest BCUT2D eigenvalue weighted by Gasteiger charge is 1.93. The van der Waals surface area contributed by atoms with E-state index in [0.717, 1.165) is 6.54 Å². The number of aromatic nitrogens is 2. The molecule has 0 amide bonds. The van der Waals surface area contributed by atoms with Crippen LogP contribution in [-0.2, 0) is 0 Å². The lowest BCUT2D eigenvalue weighted by molar-refractivity contribution is 0.253. The molecule has 0 spiro atoms. The Kier molecular flexibility index (Phi) is 3.47. The summed E-state index contributed by atoms with van der Waals surface area (Å²) in [6.45, 7) is 1.52. The molecule has 4 heteroatoms. The number of nitrogens with zero attached hydrogens (tertiary/aromatic N) is 3. The van der Waals surface area contributed by atoms with Crippen molar-refractivity contribution in [2.75, 3.05) is 27.2 Å². The van der Waals surface area contributed by atoms with Crippen LogP contribution in [0.3, 0.4) is 0 Å². The van der Waals surface area contributed by atoms with E-state index in [1.807, 2.05) is 19.0 Å². The molecule has 12 heavy (non-hydrogen) atoms. The van der Waals surface area contributed by atoms with Crippen molar-refractivity contribution in [3.05, 3.63) is 18.6 Å². The number of ether oxygens (including phenoxy) is 1. The van der Waals surface area contributed by atoms with Crippen LogP contribution in [0, 0.1) is 6.33 Å². The van der Waals surface area contributed by atoms with Gasteiger partial charge in [-0.15, -0.1) is 0 Å². The zero-order valence-electron chi connectivity index (χ0n) is 7.32. The van der Waals surface area contributed by atoms with Crippen LogP contribution in [0.4, 0.5) is 0 Å². The summed E-state index contributed by atoms with van der Waals surface area (Å²) < 4.78 is 5.29. The van der Waals surface area contributed by atoms with Crippen molar-refractivity contribution >= 4 is 0 Å². The van der Waals surface area contributed by atoms with Gasteiger partial charge >= 0.3 is 0 Å². The van der Waals surface area contributed by atoms with E-state index in [4.69, 9.17) is 4.74 Å². The Balaban J connectivity index is 2.25. The van der Waals surface area contributed by atoms with Crippen LogP contribution in [0.2, 0.25) is 0 Å². The van der Waals surface area contributed by atoms with Gasteiger partial charge in [-0.1, -0.05) is 0 Å². The Morgan fingerprint density at radius 3 is 3.00 bits per heavy atom. The van der Waals surface area contributed by atoms with Gasteiger partial charge in [-0.2, -0.15) is 4.98 Å². The Labute approximate surface area is 72.2 Å². The van der Waals surface area contributed by atoms with Crippen LogP contribution >= 0.6 is 0 Å². The first-order valence-corrected chi connectivity index (χ1v) is 3.75. The van der Waals surface area contributed by atoms with Gasteiger partial charge in [0, 0.05) is 18.8 Å². The van der Waals surface area contributed by atoms with Gasteiger partial charge in [0.05, 0.1) is 0 Å². The fourth-order valence-electron chi connectivity index (χ4n) is 0.663. The van der Waals surface area contributed by atoms with E-state index in [9.17, 15) is 0 Å². The molecule has 1 rings (SSSR count). The van der Waals surface area contributed by atoms with Crippen molar-refractivity contribution in [1.29, 1.82) is 0 Å². The second-order valence-electron chi connectivity index (χ2n) is 2.65. The van der Waals surface area contributed by atoms with E-state index >= 15 is 0 Å². The molecule has 0 unspecified atom stereocenters. The maximum Gasteiger partial charge on any atom is 0.216 e. The van der Waals surface area contributed by atoms with Crippen LogP contribution in [0.5, 0.6) is 5.88 Å². The molecule has 0 aliphatic heterocycles. The third-order valence-corrected chi connectivity index (χ3v) is 1.30. The van der Waals surface area contributed by atoms with Gasteiger partial charge in [0.25, 0.3) is 0 Å². The maximum absolute atomic E-state index is 5.29. The third-order valence-electron chi connectivity index (χ3n) is 1.30. The quantitative estimate of drug-likeness (QED) is 0.641. The lowest BCUT2D eigenvalue weighted by Crippen LogP contribution is -2.19. The minimum Gasteiger partial charge on any atom is -0.476 e. The highest BCUT2D eigenvalue weighted by Crippen LogP contribution is 2.00. The van der Waals surface area contributed by atoms with Gasteiger partial charge in [0.2, 0.25) is 12.2 Å². The molecule has 0 fully saturated rings. The summed E-state index contributed by atoms with van der Waals surface area (Å²) in [5, 5.41) is 0. The predicted molar refractivity (Wildman–Crippen MR) is 44.9 cm³/mol. The van der Waals surface area contributed by atoms with Gasteiger partial charge in [0.1, 0.15) is 6.61 Å². The highest BCUT2D eigenvalue weighted by atomic mass is 16.5. The lowest BCUT2D eigenvalue weighted by Gasteiger charge is -2.09. The first-order chi connectivity index (χ1) is 5.79. The molecule has 0 aromatic carbocycles. The first-order valence-electron chi connectivity index (χ1n) is 3.75. The molecule has 1 aromatic rings. The van der Waals surface area contributed by atoms with Crippen molar-refractivity contribution in [3.63, 3.8) is 0 Å². The van der Waals surface area contributed by atoms with E-state index in [2.05, 4.69) is 16.3 Å². The van der Waals surface area contributed by atoms with Gasteiger partial charge in [0.15, 0.2) is 0 Å². The fourth-order valence-corrected chi connectivity index (χ4v) is 0.663. The molecule has 1 radical (unpaired) electrons. The van der Waals surface area contributed by atoms with Gasteiger partial charge in [-0.3, -0.25) is 0 Å². The average Bonchev–Trinajstić information content (AvgIpc) is 2.05. The molecular weight excluding hydrogens is 154 g/mol. The average molecular weight is 166 g/mol. The molecule has 1 heterocycles. The zero-order chi connectivity index (χ0) is 8.81. The summed E-state index contributed by atoms with van der Waals surface area (Å²) in [5.41, 5.74) is 0. The highest BCUT2D eigenvalue weighted by molar-refractivity contribution is 5.03. The summed E-state index contributed by atoms with van der Waals surface area (Å²) in [6, 6.07) is 1.71. The van der Waals surface area contributed by atoms with Crippen molar-refractivity contribution in [1.82, 2.24) is 14.9 Å². The SMILES string of the molecule is CN(C)CCOc1ccn[c]n1. The molecule has 1 aromatic heterocycles. The zero-order valence-corrected chi connectivity index (χ0v) is 7.32. The lowest BCUT2D eigenvalue weighted by atomic mass is 10.6. The van der Waals surface area contributed by atoms with Crippen LogP contribution in [0.25, 0.3) is 0 Å². The monoisotopic (exact) mass is 166 g/mol. The molecule has 0 N–H and O–H groups in total. The van der Waals surface area contributed by atoms with Gasteiger partial charge < -0.3 is 9.64 Å². The Morgan fingerprint density at radius 1 is 1.58 bits per heavy atom.